The Bertz CT molecular complexity index is 1160. The molecule has 0 atom stereocenters. The standard InChI is InChI=1S/C21H16ClN3O3/c1-27-18-5-3-17(4-6-18)25-9-8-14(13-25)12-23-24-21(26)20-11-15-10-16(22)2-7-19(15)28-20/h2-13H,1H3,(H,24,26)/b23-12-. The number of rotatable bonds is 5. The number of hydrogen-bond donors (Lipinski definition) is 1. The van der Waals surface area contributed by atoms with Gasteiger partial charge in [0.1, 0.15) is 11.3 Å². The highest BCUT2D eigenvalue weighted by atomic mass is 35.5. The summed E-state index contributed by atoms with van der Waals surface area (Å²) in [5.41, 5.74) is 4.89. The lowest BCUT2D eigenvalue weighted by Gasteiger charge is -2.04. The first-order valence-corrected chi connectivity index (χ1v) is 8.85. The van der Waals surface area contributed by atoms with E-state index < -0.39 is 5.91 Å². The van der Waals surface area contributed by atoms with Crippen molar-refractivity contribution in [3.05, 3.63) is 83.3 Å². The maximum atomic E-state index is 12.2. The van der Waals surface area contributed by atoms with Crippen molar-refractivity contribution in [2.45, 2.75) is 0 Å². The van der Waals surface area contributed by atoms with Gasteiger partial charge in [-0.25, -0.2) is 5.43 Å². The van der Waals surface area contributed by atoms with E-state index in [0.29, 0.717) is 10.6 Å². The molecule has 0 unspecified atom stereocenters. The molecule has 28 heavy (non-hydrogen) atoms. The second-order valence-electron chi connectivity index (χ2n) is 6.04. The van der Waals surface area contributed by atoms with Gasteiger partial charge in [-0.15, -0.1) is 0 Å². The topological polar surface area (TPSA) is 68.8 Å². The van der Waals surface area contributed by atoms with Gasteiger partial charge < -0.3 is 13.7 Å². The van der Waals surface area contributed by atoms with Crippen molar-refractivity contribution in [2.75, 3.05) is 7.11 Å². The lowest BCUT2D eigenvalue weighted by molar-refractivity contribution is 0.0929. The van der Waals surface area contributed by atoms with E-state index in [0.717, 1.165) is 22.4 Å². The summed E-state index contributed by atoms with van der Waals surface area (Å²) in [4.78, 5) is 12.2. The zero-order chi connectivity index (χ0) is 19.5. The molecule has 2 aromatic carbocycles. The van der Waals surface area contributed by atoms with Crippen molar-refractivity contribution in [3.8, 4) is 11.4 Å². The molecule has 1 N–H and O–H groups in total. The number of nitrogens with one attached hydrogen (secondary N) is 1. The molecular formula is C21H16ClN3O3. The number of carbonyl (C=O) groups is 1. The summed E-state index contributed by atoms with van der Waals surface area (Å²) in [6.07, 6.45) is 5.38. The Morgan fingerprint density at radius 3 is 2.79 bits per heavy atom. The molecule has 0 radical (unpaired) electrons. The molecule has 4 aromatic rings. The van der Waals surface area contributed by atoms with Crippen molar-refractivity contribution in [1.29, 1.82) is 0 Å². The van der Waals surface area contributed by atoms with Gasteiger partial charge in [-0.1, -0.05) is 11.6 Å². The van der Waals surface area contributed by atoms with Crippen LogP contribution in [0.2, 0.25) is 5.02 Å². The molecule has 0 saturated carbocycles. The molecule has 0 aliphatic carbocycles. The van der Waals surface area contributed by atoms with Crippen molar-refractivity contribution in [3.63, 3.8) is 0 Å². The first-order valence-electron chi connectivity index (χ1n) is 8.47. The molecule has 0 aliphatic rings. The van der Waals surface area contributed by atoms with E-state index in [4.69, 9.17) is 20.8 Å². The van der Waals surface area contributed by atoms with Gasteiger partial charge in [0.05, 0.1) is 13.3 Å². The van der Waals surface area contributed by atoms with Gasteiger partial charge in [0.15, 0.2) is 5.76 Å². The smallest absolute Gasteiger partial charge is 0.307 e. The number of benzene rings is 2. The third-order valence-electron chi connectivity index (χ3n) is 4.17. The highest BCUT2D eigenvalue weighted by Gasteiger charge is 2.11. The summed E-state index contributed by atoms with van der Waals surface area (Å²) in [7, 11) is 1.63. The van der Waals surface area contributed by atoms with Gasteiger partial charge in [-0.05, 0) is 54.6 Å². The van der Waals surface area contributed by atoms with Crippen molar-refractivity contribution in [1.82, 2.24) is 9.99 Å². The maximum absolute atomic E-state index is 12.2. The summed E-state index contributed by atoms with van der Waals surface area (Å²) >= 11 is 5.95. The fourth-order valence-electron chi connectivity index (χ4n) is 2.75. The lowest BCUT2D eigenvalue weighted by Crippen LogP contribution is -2.16. The predicted molar refractivity (Wildman–Crippen MR) is 109 cm³/mol. The Hall–Kier alpha value is -3.51. The summed E-state index contributed by atoms with van der Waals surface area (Å²) < 4.78 is 12.6. The maximum Gasteiger partial charge on any atom is 0.307 e. The monoisotopic (exact) mass is 393 g/mol. The summed E-state index contributed by atoms with van der Waals surface area (Å²) in [6, 6.07) is 16.4. The van der Waals surface area contributed by atoms with E-state index in [1.54, 1.807) is 37.6 Å². The number of furan rings is 1. The molecule has 4 rings (SSSR count). The number of fused-ring (bicyclic) bond motifs is 1. The Balaban J connectivity index is 1.42. The van der Waals surface area contributed by atoms with Crippen LogP contribution < -0.4 is 10.2 Å². The first kappa shape index (κ1) is 17.9. The normalized spacial score (nSPS) is 11.2. The molecule has 0 aliphatic heterocycles. The molecule has 0 fully saturated rings. The second-order valence-corrected chi connectivity index (χ2v) is 6.48. The SMILES string of the molecule is COc1ccc(-n2ccc(/C=N\NC(=O)c3cc4cc(Cl)ccc4o3)c2)cc1. The van der Waals surface area contributed by atoms with E-state index in [9.17, 15) is 4.79 Å². The van der Waals surface area contributed by atoms with Crippen molar-refractivity contribution in [2.24, 2.45) is 5.10 Å². The number of halogens is 1. The number of hydrogen-bond acceptors (Lipinski definition) is 4. The van der Waals surface area contributed by atoms with Crippen molar-refractivity contribution >= 4 is 34.7 Å². The fraction of sp³-hybridized carbons (Fsp3) is 0.0476. The molecule has 0 spiro atoms. The van der Waals surface area contributed by atoms with Gasteiger partial charge in [-0.3, -0.25) is 4.79 Å². The van der Waals surface area contributed by atoms with E-state index in [-0.39, 0.29) is 5.76 Å². The van der Waals surface area contributed by atoms with Crippen molar-refractivity contribution < 1.29 is 13.9 Å². The third kappa shape index (κ3) is 3.77. The number of hydrazone groups is 1. The molecule has 2 heterocycles. The Morgan fingerprint density at radius 1 is 1.18 bits per heavy atom. The van der Waals surface area contributed by atoms with Crippen LogP contribution in [0.25, 0.3) is 16.7 Å². The van der Waals surface area contributed by atoms with Crippen LogP contribution in [0.4, 0.5) is 0 Å². The lowest BCUT2D eigenvalue weighted by atomic mass is 10.2. The highest BCUT2D eigenvalue weighted by molar-refractivity contribution is 6.31. The van der Waals surface area contributed by atoms with Crippen LogP contribution in [-0.2, 0) is 0 Å². The average molecular weight is 394 g/mol. The second kappa shape index (κ2) is 7.62. The van der Waals surface area contributed by atoms with E-state index in [1.165, 1.54) is 0 Å². The number of amides is 1. The summed E-state index contributed by atoms with van der Waals surface area (Å²) in [5.74, 6) is 0.539. The number of ether oxygens (including phenoxy) is 1. The van der Waals surface area contributed by atoms with E-state index >= 15 is 0 Å². The van der Waals surface area contributed by atoms with Crippen LogP contribution in [0.1, 0.15) is 16.1 Å². The predicted octanol–water partition coefficient (Wildman–Crippen LogP) is 4.65. The Kier molecular flexibility index (Phi) is 4.87. The van der Waals surface area contributed by atoms with Gasteiger partial charge in [0.25, 0.3) is 0 Å². The van der Waals surface area contributed by atoms with Crippen LogP contribution >= 0.6 is 11.6 Å². The molecule has 6 nitrogen and oxygen atoms in total. The van der Waals surface area contributed by atoms with Crippen LogP contribution in [0.15, 0.2) is 76.5 Å². The number of aromatic nitrogens is 1. The van der Waals surface area contributed by atoms with Crippen LogP contribution in [-0.4, -0.2) is 23.8 Å². The minimum absolute atomic E-state index is 0.171. The Labute approximate surface area is 166 Å². The fourth-order valence-corrected chi connectivity index (χ4v) is 2.93. The minimum Gasteiger partial charge on any atom is -0.497 e. The molecule has 0 saturated heterocycles. The van der Waals surface area contributed by atoms with Gasteiger partial charge in [-0.2, -0.15) is 5.10 Å². The Morgan fingerprint density at radius 2 is 2.00 bits per heavy atom. The molecular weight excluding hydrogens is 378 g/mol. The molecule has 140 valence electrons. The summed E-state index contributed by atoms with van der Waals surface area (Å²) in [5, 5.41) is 5.34. The van der Waals surface area contributed by atoms with Gasteiger partial charge >= 0.3 is 5.91 Å². The van der Waals surface area contributed by atoms with E-state index in [2.05, 4.69) is 10.5 Å². The molecule has 0 bridgehead atoms. The van der Waals surface area contributed by atoms with Crippen LogP contribution in [0.5, 0.6) is 5.75 Å². The summed E-state index contributed by atoms with van der Waals surface area (Å²) in [6.45, 7) is 0. The quantitative estimate of drug-likeness (QED) is 0.396. The zero-order valence-electron chi connectivity index (χ0n) is 14.9. The number of nitrogens with zero attached hydrogens (tertiary/aromatic N) is 2. The average Bonchev–Trinajstić information content (AvgIpc) is 3.34. The van der Waals surface area contributed by atoms with Crippen LogP contribution in [0.3, 0.4) is 0 Å². The number of carbonyl (C=O) groups excluding carboxylic acids is 1. The third-order valence-corrected chi connectivity index (χ3v) is 4.40. The van der Waals surface area contributed by atoms with Crippen LogP contribution in [0, 0.1) is 0 Å². The minimum atomic E-state index is -0.432. The highest BCUT2D eigenvalue weighted by Crippen LogP contribution is 2.23. The largest absolute Gasteiger partial charge is 0.497 e. The van der Waals surface area contributed by atoms with E-state index in [1.807, 2.05) is 47.3 Å². The van der Waals surface area contributed by atoms with Gasteiger partial charge in [0.2, 0.25) is 0 Å². The first-order chi connectivity index (χ1) is 13.6. The molecule has 2 aromatic heterocycles. The molecule has 1 amide bonds. The zero-order valence-corrected chi connectivity index (χ0v) is 15.7. The molecule has 7 heteroatoms. The number of methoxy groups -OCH3 is 1. The van der Waals surface area contributed by atoms with Gasteiger partial charge in [0, 0.05) is 34.1 Å².